The van der Waals surface area contributed by atoms with E-state index in [0.29, 0.717) is 16.1 Å². The van der Waals surface area contributed by atoms with Crippen molar-refractivity contribution in [3.63, 3.8) is 0 Å². The van der Waals surface area contributed by atoms with E-state index in [1.165, 1.54) is 12.1 Å². The van der Waals surface area contributed by atoms with E-state index in [4.69, 9.17) is 11.6 Å². The molecule has 0 radical (unpaired) electrons. The van der Waals surface area contributed by atoms with Gasteiger partial charge in [0, 0.05) is 29.1 Å². The van der Waals surface area contributed by atoms with Crippen molar-refractivity contribution in [2.24, 2.45) is 0 Å². The van der Waals surface area contributed by atoms with Crippen LogP contribution in [-0.4, -0.2) is 10.8 Å². The van der Waals surface area contributed by atoms with Crippen molar-refractivity contribution in [1.29, 1.82) is 0 Å². The molecule has 0 aliphatic carbocycles. The second-order valence-corrected chi connectivity index (χ2v) is 5.00. The molecule has 3 aromatic rings. The van der Waals surface area contributed by atoms with Crippen molar-refractivity contribution in [1.82, 2.24) is 4.98 Å². The fourth-order valence-electron chi connectivity index (χ4n) is 2.29. The second-order valence-electron chi connectivity index (χ2n) is 4.59. The van der Waals surface area contributed by atoms with Crippen LogP contribution in [-0.2, 0) is 6.42 Å². The van der Waals surface area contributed by atoms with Crippen LogP contribution in [0.15, 0.2) is 48.7 Å². The first-order valence-corrected chi connectivity index (χ1v) is 6.56. The lowest BCUT2D eigenvalue weighted by molar-refractivity contribution is 0.0994. The van der Waals surface area contributed by atoms with Gasteiger partial charge in [0.25, 0.3) is 0 Å². The zero-order valence-corrected chi connectivity index (χ0v) is 11.2. The van der Waals surface area contributed by atoms with Gasteiger partial charge in [0.05, 0.1) is 5.02 Å². The zero-order valence-electron chi connectivity index (χ0n) is 10.5. The van der Waals surface area contributed by atoms with E-state index in [9.17, 15) is 9.18 Å². The summed E-state index contributed by atoms with van der Waals surface area (Å²) in [6.45, 7) is 0. The summed E-state index contributed by atoms with van der Waals surface area (Å²) in [5.74, 6) is -0.429. The molecule has 100 valence electrons. The fraction of sp³-hybridized carbons (Fsp3) is 0.0625. The Kier molecular flexibility index (Phi) is 3.28. The lowest BCUT2D eigenvalue weighted by Crippen LogP contribution is -2.03. The normalized spacial score (nSPS) is 10.9. The molecular weight excluding hydrogens is 277 g/mol. The summed E-state index contributed by atoms with van der Waals surface area (Å²) < 4.78 is 13.1. The molecule has 2 nitrogen and oxygen atoms in total. The molecule has 0 aliphatic rings. The van der Waals surface area contributed by atoms with Gasteiger partial charge in [-0.2, -0.15) is 0 Å². The lowest BCUT2D eigenvalue weighted by Gasteiger charge is -2.02. The Morgan fingerprint density at radius 3 is 2.80 bits per heavy atom. The minimum absolute atomic E-state index is 0.0880. The zero-order chi connectivity index (χ0) is 14.1. The monoisotopic (exact) mass is 287 g/mol. The first-order valence-electron chi connectivity index (χ1n) is 6.18. The lowest BCUT2D eigenvalue weighted by atomic mass is 10.0. The molecule has 0 bridgehead atoms. The number of carbonyl (C=O) groups is 1. The van der Waals surface area contributed by atoms with Gasteiger partial charge in [-0.1, -0.05) is 29.8 Å². The van der Waals surface area contributed by atoms with Gasteiger partial charge in [0.2, 0.25) is 0 Å². The van der Waals surface area contributed by atoms with Crippen molar-refractivity contribution < 1.29 is 9.18 Å². The highest BCUT2D eigenvalue weighted by molar-refractivity contribution is 6.36. The molecule has 0 aliphatic heterocycles. The topological polar surface area (TPSA) is 32.9 Å². The molecule has 2 aromatic carbocycles. The first kappa shape index (κ1) is 12.9. The van der Waals surface area contributed by atoms with Crippen LogP contribution in [0.1, 0.15) is 15.9 Å². The van der Waals surface area contributed by atoms with Crippen LogP contribution in [0, 0.1) is 5.82 Å². The van der Waals surface area contributed by atoms with Crippen LogP contribution in [0.25, 0.3) is 10.9 Å². The number of Topliss-reactive ketones (excluding diaryl/α,β-unsaturated/α-hetero) is 1. The van der Waals surface area contributed by atoms with E-state index in [-0.39, 0.29) is 18.0 Å². The molecule has 4 heteroatoms. The summed E-state index contributed by atoms with van der Waals surface area (Å²) >= 11 is 6.14. The van der Waals surface area contributed by atoms with Gasteiger partial charge in [-0.05, 0) is 29.8 Å². The molecule has 0 saturated heterocycles. The molecule has 20 heavy (non-hydrogen) atoms. The van der Waals surface area contributed by atoms with Gasteiger partial charge in [0.1, 0.15) is 5.82 Å². The average Bonchev–Trinajstić information content (AvgIpc) is 2.84. The van der Waals surface area contributed by atoms with Gasteiger partial charge in [0.15, 0.2) is 5.78 Å². The number of H-pyrrole nitrogens is 1. The maximum absolute atomic E-state index is 13.1. The maximum Gasteiger partial charge on any atom is 0.169 e. The Labute approximate surface area is 120 Å². The molecule has 0 spiro atoms. The minimum Gasteiger partial charge on any atom is -0.360 e. The van der Waals surface area contributed by atoms with Gasteiger partial charge in [-0.25, -0.2) is 4.39 Å². The van der Waals surface area contributed by atoms with Crippen molar-refractivity contribution in [2.45, 2.75) is 6.42 Å². The van der Waals surface area contributed by atoms with Crippen molar-refractivity contribution in [2.75, 3.05) is 0 Å². The van der Waals surface area contributed by atoms with Crippen LogP contribution in [0.4, 0.5) is 4.39 Å². The number of rotatable bonds is 3. The van der Waals surface area contributed by atoms with E-state index in [0.717, 1.165) is 10.9 Å². The Balaban J connectivity index is 1.97. The third-order valence-corrected chi connectivity index (χ3v) is 3.52. The number of aromatic nitrogens is 1. The van der Waals surface area contributed by atoms with E-state index < -0.39 is 0 Å². The fourth-order valence-corrected chi connectivity index (χ4v) is 2.56. The molecular formula is C16H11ClFNO. The third kappa shape index (κ3) is 2.32. The minimum atomic E-state index is -0.341. The van der Waals surface area contributed by atoms with Crippen LogP contribution in [0.3, 0.4) is 0 Å². The summed E-state index contributed by atoms with van der Waals surface area (Å²) in [5, 5.41) is 1.25. The number of benzene rings is 2. The number of ketones is 1. The van der Waals surface area contributed by atoms with Crippen molar-refractivity contribution in [3.05, 3.63) is 70.6 Å². The number of nitrogens with one attached hydrogen (secondary N) is 1. The number of aromatic amines is 1. The molecule has 1 N–H and O–H groups in total. The summed E-state index contributed by atoms with van der Waals surface area (Å²) in [6.07, 6.45) is 1.80. The van der Waals surface area contributed by atoms with Gasteiger partial charge in [-0.3, -0.25) is 4.79 Å². The maximum atomic E-state index is 13.1. The Bertz CT molecular complexity index is 794. The SMILES string of the molecule is O=C(Cc1cccc(F)c1)c1c[nH]c2cccc(Cl)c12. The van der Waals surface area contributed by atoms with Crippen LogP contribution in [0.2, 0.25) is 5.02 Å². The predicted molar refractivity (Wildman–Crippen MR) is 77.7 cm³/mol. The number of hydrogen-bond acceptors (Lipinski definition) is 1. The largest absolute Gasteiger partial charge is 0.360 e. The van der Waals surface area contributed by atoms with Gasteiger partial charge < -0.3 is 4.98 Å². The molecule has 3 rings (SSSR count). The number of halogens is 2. The highest BCUT2D eigenvalue weighted by Gasteiger charge is 2.15. The van der Waals surface area contributed by atoms with E-state index in [2.05, 4.69) is 4.98 Å². The quantitative estimate of drug-likeness (QED) is 0.712. The van der Waals surface area contributed by atoms with Crippen molar-refractivity contribution >= 4 is 28.3 Å². The molecule has 0 saturated carbocycles. The first-order chi connectivity index (χ1) is 9.65. The van der Waals surface area contributed by atoms with Gasteiger partial charge >= 0.3 is 0 Å². The summed E-state index contributed by atoms with van der Waals surface area (Å²) in [5.41, 5.74) is 2.01. The van der Waals surface area contributed by atoms with Crippen LogP contribution < -0.4 is 0 Å². The molecule has 0 fully saturated rings. The smallest absolute Gasteiger partial charge is 0.169 e. The summed E-state index contributed by atoms with van der Waals surface area (Å²) in [7, 11) is 0. The molecule has 0 unspecified atom stereocenters. The van der Waals surface area contributed by atoms with Crippen LogP contribution in [0.5, 0.6) is 0 Å². The van der Waals surface area contributed by atoms with E-state index >= 15 is 0 Å². The second kappa shape index (κ2) is 5.10. The highest BCUT2D eigenvalue weighted by Crippen LogP contribution is 2.27. The molecule has 0 amide bonds. The molecule has 1 heterocycles. The van der Waals surface area contributed by atoms with Crippen molar-refractivity contribution in [3.8, 4) is 0 Å². The predicted octanol–water partition coefficient (Wildman–Crippen LogP) is 4.39. The standard InChI is InChI=1S/C16H11ClFNO/c17-13-5-2-6-14-16(13)12(9-19-14)15(20)8-10-3-1-4-11(18)7-10/h1-7,9,19H,8H2. The number of hydrogen-bond donors (Lipinski definition) is 1. The Morgan fingerprint density at radius 2 is 2.00 bits per heavy atom. The third-order valence-electron chi connectivity index (χ3n) is 3.21. The summed E-state index contributed by atoms with van der Waals surface area (Å²) in [6, 6.07) is 11.5. The van der Waals surface area contributed by atoms with Crippen LogP contribution >= 0.6 is 11.6 Å². The average molecular weight is 288 g/mol. The molecule has 0 atom stereocenters. The van der Waals surface area contributed by atoms with E-state index in [1.54, 1.807) is 24.4 Å². The Hall–Kier alpha value is -2.13. The Morgan fingerprint density at radius 1 is 1.20 bits per heavy atom. The highest BCUT2D eigenvalue weighted by atomic mass is 35.5. The number of fused-ring (bicyclic) bond motifs is 1. The molecule has 1 aromatic heterocycles. The summed E-state index contributed by atoms with van der Waals surface area (Å²) in [4.78, 5) is 15.4. The van der Waals surface area contributed by atoms with E-state index in [1.807, 2.05) is 12.1 Å². The van der Waals surface area contributed by atoms with Gasteiger partial charge in [-0.15, -0.1) is 0 Å². The number of carbonyl (C=O) groups excluding carboxylic acids is 1.